The number of Topliss-reactive ketones (excluding diaryl/α,β-unsaturated/α-hetero) is 1. The van der Waals surface area contributed by atoms with Crippen molar-refractivity contribution in [2.45, 2.75) is 18.9 Å². The number of likely N-dealkylation sites (N-methyl/N-ethyl adjacent to an activating group) is 1. The predicted molar refractivity (Wildman–Crippen MR) is 56.3 cm³/mol. The van der Waals surface area contributed by atoms with Gasteiger partial charge >= 0.3 is 0 Å². The fourth-order valence-electron chi connectivity index (χ4n) is 1.67. The molecule has 2 nitrogen and oxygen atoms in total. The second-order valence-corrected chi connectivity index (χ2v) is 4.19. The van der Waals surface area contributed by atoms with Gasteiger partial charge in [-0.1, -0.05) is 0 Å². The smallest absolute Gasteiger partial charge is 0.179 e. The highest BCUT2D eigenvalue weighted by atomic mass is 19.1. The van der Waals surface area contributed by atoms with Crippen molar-refractivity contribution in [3.05, 3.63) is 35.4 Å². The largest absolute Gasteiger partial charge is 0.296 e. The molecule has 0 bridgehead atoms. The van der Waals surface area contributed by atoms with Gasteiger partial charge in [0.15, 0.2) is 5.78 Å². The number of rotatable bonds is 4. The number of nitrogens with zero attached hydrogens (tertiary/aromatic N) is 1. The van der Waals surface area contributed by atoms with Crippen LogP contribution in [0, 0.1) is 11.6 Å². The Morgan fingerprint density at radius 3 is 2.75 bits per heavy atom. The zero-order valence-corrected chi connectivity index (χ0v) is 9.04. The maximum atomic E-state index is 13.3. The van der Waals surface area contributed by atoms with Crippen molar-refractivity contribution >= 4 is 5.78 Å². The molecule has 86 valence electrons. The average molecular weight is 225 g/mol. The number of hydrogen-bond acceptors (Lipinski definition) is 2. The summed E-state index contributed by atoms with van der Waals surface area (Å²) in [5.74, 6) is -1.61. The molecule has 1 fully saturated rings. The van der Waals surface area contributed by atoms with Crippen LogP contribution in [-0.2, 0) is 0 Å². The minimum Gasteiger partial charge on any atom is -0.296 e. The number of hydrogen-bond donors (Lipinski definition) is 0. The zero-order valence-electron chi connectivity index (χ0n) is 9.04. The van der Waals surface area contributed by atoms with Gasteiger partial charge in [0, 0.05) is 6.04 Å². The monoisotopic (exact) mass is 225 g/mol. The van der Waals surface area contributed by atoms with Gasteiger partial charge in [-0.15, -0.1) is 0 Å². The summed E-state index contributed by atoms with van der Waals surface area (Å²) in [5.41, 5.74) is -0.160. The Morgan fingerprint density at radius 1 is 1.44 bits per heavy atom. The first-order chi connectivity index (χ1) is 7.58. The Morgan fingerprint density at radius 2 is 2.12 bits per heavy atom. The lowest BCUT2D eigenvalue weighted by Gasteiger charge is -2.14. The van der Waals surface area contributed by atoms with Crippen molar-refractivity contribution in [1.29, 1.82) is 0 Å². The summed E-state index contributed by atoms with van der Waals surface area (Å²) in [5, 5.41) is 0. The Labute approximate surface area is 92.9 Å². The summed E-state index contributed by atoms with van der Waals surface area (Å²) < 4.78 is 26.2. The summed E-state index contributed by atoms with van der Waals surface area (Å²) in [6.07, 6.45) is 2.16. The molecular formula is C12H13F2NO. The first-order valence-electron chi connectivity index (χ1n) is 5.26. The molecule has 4 heteroatoms. The molecule has 16 heavy (non-hydrogen) atoms. The van der Waals surface area contributed by atoms with E-state index in [-0.39, 0.29) is 17.9 Å². The number of carbonyl (C=O) groups excluding carboxylic acids is 1. The first kappa shape index (κ1) is 11.2. The van der Waals surface area contributed by atoms with E-state index in [4.69, 9.17) is 0 Å². The Bertz CT molecular complexity index is 415. The third-order valence-electron chi connectivity index (χ3n) is 2.79. The van der Waals surface area contributed by atoms with E-state index in [1.807, 2.05) is 11.9 Å². The van der Waals surface area contributed by atoms with E-state index in [1.165, 1.54) is 0 Å². The van der Waals surface area contributed by atoms with Gasteiger partial charge < -0.3 is 0 Å². The van der Waals surface area contributed by atoms with E-state index in [9.17, 15) is 13.6 Å². The minimum atomic E-state index is -0.657. The Kier molecular flexibility index (Phi) is 3.01. The van der Waals surface area contributed by atoms with Gasteiger partial charge in [-0.3, -0.25) is 9.69 Å². The summed E-state index contributed by atoms with van der Waals surface area (Å²) in [4.78, 5) is 13.6. The molecular weight excluding hydrogens is 212 g/mol. The average Bonchev–Trinajstić information content (AvgIpc) is 3.04. The van der Waals surface area contributed by atoms with Crippen LogP contribution in [0.1, 0.15) is 23.2 Å². The summed E-state index contributed by atoms with van der Waals surface area (Å²) >= 11 is 0. The predicted octanol–water partition coefficient (Wildman–Crippen LogP) is 2.24. The van der Waals surface area contributed by atoms with Crippen LogP contribution in [-0.4, -0.2) is 30.3 Å². The highest BCUT2D eigenvalue weighted by molar-refractivity contribution is 5.97. The van der Waals surface area contributed by atoms with E-state index in [0.29, 0.717) is 6.04 Å². The molecule has 0 amide bonds. The lowest BCUT2D eigenvalue weighted by Crippen LogP contribution is -2.28. The fraction of sp³-hybridized carbons (Fsp3) is 0.417. The van der Waals surface area contributed by atoms with Crippen LogP contribution in [0.5, 0.6) is 0 Å². The standard InChI is InChI=1S/C12H13F2NO/c1-15(9-3-4-9)7-12(16)10-6-8(13)2-5-11(10)14/h2,5-6,9H,3-4,7H2,1H3. The number of ketones is 1. The van der Waals surface area contributed by atoms with Gasteiger partial charge in [-0.2, -0.15) is 0 Å². The highest BCUT2D eigenvalue weighted by Crippen LogP contribution is 2.25. The van der Waals surface area contributed by atoms with Crippen molar-refractivity contribution in [3.63, 3.8) is 0 Å². The fourth-order valence-corrected chi connectivity index (χ4v) is 1.67. The summed E-state index contributed by atoms with van der Waals surface area (Å²) in [6.45, 7) is 0.144. The van der Waals surface area contributed by atoms with Crippen molar-refractivity contribution < 1.29 is 13.6 Å². The minimum absolute atomic E-state index is 0.144. The Hall–Kier alpha value is -1.29. The van der Waals surface area contributed by atoms with Gasteiger partial charge in [-0.05, 0) is 38.1 Å². The third-order valence-corrected chi connectivity index (χ3v) is 2.79. The lowest BCUT2D eigenvalue weighted by molar-refractivity contribution is 0.0938. The number of benzene rings is 1. The lowest BCUT2D eigenvalue weighted by atomic mass is 10.1. The number of carbonyl (C=O) groups is 1. The summed E-state index contributed by atoms with van der Waals surface area (Å²) in [7, 11) is 1.83. The van der Waals surface area contributed by atoms with Crippen LogP contribution >= 0.6 is 0 Å². The van der Waals surface area contributed by atoms with E-state index in [1.54, 1.807) is 0 Å². The van der Waals surface area contributed by atoms with Crippen LogP contribution in [0.15, 0.2) is 18.2 Å². The second-order valence-electron chi connectivity index (χ2n) is 4.19. The molecule has 0 atom stereocenters. The maximum absolute atomic E-state index is 13.3. The summed E-state index contributed by atoms with van der Waals surface area (Å²) in [6, 6.07) is 3.38. The molecule has 0 saturated heterocycles. The van der Waals surface area contributed by atoms with E-state index in [2.05, 4.69) is 0 Å². The van der Waals surface area contributed by atoms with Gasteiger partial charge in [0.1, 0.15) is 11.6 Å². The normalized spacial score (nSPS) is 15.5. The van der Waals surface area contributed by atoms with Crippen molar-refractivity contribution in [3.8, 4) is 0 Å². The van der Waals surface area contributed by atoms with E-state index >= 15 is 0 Å². The number of halogens is 2. The van der Waals surface area contributed by atoms with Crippen LogP contribution in [0.2, 0.25) is 0 Å². The van der Waals surface area contributed by atoms with Crippen molar-refractivity contribution in [1.82, 2.24) is 4.90 Å². The van der Waals surface area contributed by atoms with Crippen LogP contribution in [0.4, 0.5) is 8.78 Å². The molecule has 1 aliphatic rings. The molecule has 0 aliphatic heterocycles. The second kappa shape index (κ2) is 4.29. The molecule has 0 aromatic heterocycles. The van der Waals surface area contributed by atoms with E-state index in [0.717, 1.165) is 31.0 Å². The van der Waals surface area contributed by atoms with Gasteiger partial charge in [-0.25, -0.2) is 8.78 Å². The molecule has 1 saturated carbocycles. The molecule has 2 rings (SSSR count). The quantitative estimate of drug-likeness (QED) is 0.732. The van der Waals surface area contributed by atoms with E-state index < -0.39 is 11.6 Å². The molecule has 1 aromatic rings. The first-order valence-corrected chi connectivity index (χ1v) is 5.26. The maximum Gasteiger partial charge on any atom is 0.179 e. The highest BCUT2D eigenvalue weighted by Gasteiger charge is 2.28. The topological polar surface area (TPSA) is 20.3 Å². The molecule has 0 spiro atoms. The van der Waals surface area contributed by atoms with Crippen LogP contribution in [0.25, 0.3) is 0 Å². The van der Waals surface area contributed by atoms with Gasteiger partial charge in [0.2, 0.25) is 0 Å². The zero-order chi connectivity index (χ0) is 11.7. The molecule has 0 radical (unpaired) electrons. The van der Waals surface area contributed by atoms with Crippen molar-refractivity contribution in [2.75, 3.05) is 13.6 Å². The van der Waals surface area contributed by atoms with Gasteiger partial charge in [0.25, 0.3) is 0 Å². The SMILES string of the molecule is CN(CC(=O)c1cc(F)ccc1F)C1CC1. The van der Waals surface area contributed by atoms with Gasteiger partial charge in [0.05, 0.1) is 12.1 Å². The van der Waals surface area contributed by atoms with Crippen LogP contribution in [0.3, 0.4) is 0 Å². The third kappa shape index (κ3) is 2.44. The molecule has 0 heterocycles. The van der Waals surface area contributed by atoms with Crippen molar-refractivity contribution in [2.24, 2.45) is 0 Å². The Balaban J connectivity index is 2.10. The van der Waals surface area contributed by atoms with Crippen LogP contribution < -0.4 is 0 Å². The molecule has 1 aromatic carbocycles. The molecule has 0 unspecified atom stereocenters. The molecule has 0 N–H and O–H groups in total. The molecule has 1 aliphatic carbocycles.